The van der Waals surface area contributed by atoms with Gasteiger partial charge in [0, 0.05) is 0 Å². The van der Waals surface area contributed by atoms with Gasteiger partial charge in [-0.2, -0.15) is 0 Å². The Balaban J connectivity index is 2.78. The third-order valence-corrected chi connectivity index (χ3v) is 3.14. The summed E-state index contributed by atoms with van der Waals surface area (Å²) in [6.45, 7) is 1.56. The van der Waals surface area contributed by atoms with Gasteiger partial charge in [0.05, 0.1) is 6.04 Å². The van der Waals surface area contributed by atoms with Crippen LogP contribution in [-0.4, -0.2) is 28.6 Å². The van der Waals surface area contributed by atoms with Gasteiger partial charge >= 0.3 is 5.97 Å². The van der Waals surface area contributed by atoms with E-state index in [-0.39, 0.29) is 5.91 Å². The fraction of sp³-hybridized carbons (Fsp3) is 0.818. The first kappa shape index (κ1) is 13.0. The smallest absolute Gasteiger partial charge is 0.329 e. The Kier molecular flexibility index (Phi) is 4.29. The van der Waals surface area contributed by atoms with Crippen LogP contribution in [0.25, 0.3) is 0 Å². The van der Waals surface area contributed by atoms with Crippen LogP contribution in [0.4, 0.5) is 0 Å². The minimum absolute atomic E-state index is 0.385. The third-order valence-electron chi connectivity index (χ3n) is 3.14. The second-order valence-electron chi connectivity index (χ2n) is 4.58. The number of hydrogen-bond donors (Lipinski definition) is 3. The number of nitrogens with one attached hydrogen (secondary N) is 1. The van der Waals surface area contributed by atoms with Crippen molar-refractivity contribution in [1.29, 1.82) is 0 Å². The number of rotatable bonds is 3. The van der Waals surface area contributed by atoms with Gasteiger partial charge in [0.25, 0.3) is 0 Å². The molecule has 1 aliphatic carbocycles. The van der Waals surface area contributed by atoms with E-state index < -0.39 is 17.6 Å². The lowest BCUT2D eigenvalue weighted by atomic mass is 9.90. The molecule has 0 heterocycles. The van der Waals surface area contributed by atoms with Crippen LogP contribution in [0.3, 0.4) is 0 Å². The number of nitrogens with two attached hydrogens (primary N) is 1. The summed E-state index contributed by atoms with van der Waals surface area (Å²) in [5.41, 5.74) is 4.35. The molecule has 5 heteroatoms. The van der Waals surface area contributed by atoms with Crippen molar-refractivity contribution >= 4 is 11.9 Å². The summed E-state index contributed by atoms with van der Waals surface area (Å²) >= 11 is 0. The van der Waals surface area contributed by atoms with Gasteiger partial charge < -0.3 is 16.2 Å². The lowest BCUT2D eigenvalue weighted by Crippen LogP contribution is -2.57. The molecular formula is C11H20N2O3. The van der Waals surface area contributed by atoms with Crippen molar-refractivity contribution in [3.8, 4) is 0 Å². The van der Waals surface area contributed by atoms with E-state index in [2.05, 4.69) is 5.32 Å². The summed E-state index contributed by atoms with van der Waals surface area (Å²) in [6.07, 6.45) is 4.74. The average Bonchev–Trinajstić information content (AvgIpc) is 2.44. The molecule has 4 N–H and O–H groups in total. The molecule has 1 rings (SSSR count). The Morgan fingerprint density at radius 2 is 1.75 bits per heavy atom. The van der Waals surface area contributed by atoms with E-state index in [4.69, 9.17) is 5.73 Å². The Morgan fingerprint density at radius 3 is 2.12 bits per heavy atom. The predicted octanol–water partition coefficient (Wildman–Crippen LogP) is 0.627. The van der Waals surface area contributed by atoms with E-state index in [1.54, 1.807) is 6.92 Å². The standard InChI is InChI=1S/C11H20N2O3/c1-8(12)9(14)13-11(10(15)16)6-4-2-3-5-7-11/h8H,2-7,12H2,1H3,(H,13,14)(H,15,16). The van der Waals surface area contributed by atoms with Crippen LogP contribution in [0.1, 0.15) is 45.4 Å². The van der Waals surface area contributed by atoms with Crippen molar-refractivity contribution in [1.82, 2.24) is 5.32 Å². The molecule has 0 aromatic carbocycles. The highest BCUT2D eigenvalue weighted by Crippen LogP contribution is 2.27. The summed E-state index contributed by atoms with van der Waals surface area (Å²) in [4.78, 5) is 22.9. The van der Waals surface area contributed by atoms with Crippen molar-refractivity contribution in [2.75, 3.05) is 0 Å². The SMILES string of the molecule is CC(N)C(=O)NC1(C(=O)O)CCCCCC1. The maximum absolute atomic E-state index is 11.5. The quantitative estimate of drug-likeness (QED) is 0.618. The first-order valence-corrected chi connectivity index (χ1v) is 5.79. The van der Waals surface area contributed by atoms with Crippen molar-refractivity contribution in [2.45, 2.75) is 57.0 Å². The second kappa shape index (κ2) is 5.30. The normalized spacial score (nSPS) is 21.9. The fourth-order valence-electron chi connectivity index (χ4n) is 2.07. The van der Waals surface area contributed by atoms with Gasteiger partial charge in [0.2, 0.25) is 5.91 Å². The number of carboxylic acid groups (broad SMARTS) is 1. The van der Waals surface area contributed by atoms with Crippen molar-refractivity contribution < 1.29 is 14.7 Å². The predicted molar refractivity (Wildman–Crippen MR) is 59.9 cm³/mol. The number of carbonyl (C=O) groups excluding carboxylic acids is 1. The van der Waals surface area contributed by atoms with Crippen LogP contribution in [-0.2, 0) is 9.59 Å². The molecule has 1 atom stereocenters. The number of carbonyl (C=O) groups is 2. The van der Waals surface area contributed by atoms with E-state index in [1.165, 1.54) is 0 Å². The zero-order valence-electron chi connectivity index (χ0n) is 9.66. The molecule has 5 nitrogen and oxygen atoms in total. The lowest BCUT2D eigenvalue weighted by Gasteiger charge is -2.30. The van der Waals surface area contributed by atoms with Gasteiger partial charge in [-0.1, -0.05) is 25.7 Å². The second-order valence-corrected chi connectivity index (χ2v) is 4.58. The minimum Gasteiger partial charge on any atom is -0.480 e. The zero-order valence-corrected chi connectivity index (χ0v) is 9.66. The first-order chi connectivity index (χ1) is 7.48. The highest BCUT2D eigenvalue weighted by Gasteiger charge is 2.40. The van der Waals surface area contributed by atoms with Crippen LogP contribution >= 0.6 is 0 Å². The molecule has 1 amide bonds. The fourth-order valence-corrected chi connectivity index (χ4v) is 2.07. The van der Waals surface area contributed by atoms with Crippen LogP contribution in [0.5, 0.6) is 0 Å². The number of hydrogen-bond acceptors (Lipinski definition) is 3. The Bertz CT molecular complexity index is 266. The maximum Gasteiger partial charge on any atom is 0.329 e. The molecule has 92 valence electrons. The minimum atomic E-state index is -1.10. The molecule has 0 aliphatic heterocycles. The van der Waals surface area contributed by atoms with Crippen molar-refractivity contribution in [3.63, 3.8) is 0 Å². The molecule has 0 radical (unpaired) electrons. The molecule has 1 fully saturated rings. The summed E-state index contributed by atoms with van der Waals surface area (Å²) < 4.78 is 0. The van der Waals surface area contributed by atoms with Gasteiger partial charge in [-0.15, -0.1) is 0 Å². The Labute approximate surface area is 95.4 Å². The van der Waals surface area contributed by atoms with Gasteiger partial charge in [-0.3, -0.25) is 4.79 Å². The van der Waals surface area contributed by atoms with Crippen LogP contribution in [0, 0.1) is 0 Å². The van der Waals surface area contributed by atoms with E-state index in [9.17, 15) is 14.7 Å². The molecule has 0 aromatic rings. The third kappa shape index (κ3) is 2.95. The number of aliphatic carboxylic acids is 1. The lowest BCUT2D eigenvalue weighted by molar-refractivity contribution is -0.148. The summed E-state index contributed by atoms with van der Waals surface area (Å²) in [5, 5.41) is 11.9. The zero-order chi connectivity index (χ0) is 12.2. The Morgan fingerprint density at radius 1 is 1.25 bits per heavy atom. The summed E-state index contributed by atoms with van der Waals surface area (Å²) in [7, 11) is 0. The summed E-state index contributed by atoms with van der Waals surface area (Å²) in [6, 6.07) is -0.667. The summed E-state index contributed by atoms with van der Waals surface area (Å²) in [5.74, 6) is -1.33. The number of amides is 1. The van der Waals surface area contributed by atoms with Crippen molar-refractivity contribution in [2.24, 2.45) is 5.73 Å². The van der Waals surface area contributed by atoms with Crippen LogP contribution < -0.4 is 11.1 Å². The highest BCUT2D eigenvalue weighted by molar-refractivity contribution is 5.89. The monoisotopic (exact) mass is 228 g/mol. The molecule has 16 heavy (non-hydrogen) atoms. The molecule has 0 bridgehead atoms. The molecule has 1 aliphatic rings. The topological polar surface area (TPSA) is 92.4 Å². The molecule has 0 saturated heterocycles. The van der Waals surface area contributed by atoms with Crippen LogP contribution in [0.2, 0.25) is 0 Å². The van der Waals surface area contributed by atoms with Gasteiger partial charge in [0.15, 0.2) is 0 Å². The first-order valence-electron chi connectivity index (χ1n) is 5.79. The van der Waals surface area contributed by atoms with E-state index in [1.807, 2.05) is 0 Å². The van der Waals surface area contributed by atoms with Gasteiger partial charge in [0.1, 0.15) is 5.54 Å². The van der Waals surface area contributed by atoms with Crippen molar-refractivity contribution in [3.05, 3.63) is 0 Å². The molecule has 0 spiro atoms. The Hall–Kier alpha value is -1.10. The largest absolute Gasteiger partial charge is 0.480 e. The molecular weight excluding hydrogens is 208 g/mol. The number of carboxylic acids is 1. The maximum atomic E-state index is 11.5. The van der Waals surface area contributed by atoms with E-state index >= 15 is 0 Å². The average molecular weight is 228 g/mol. The van der Waals surface area contributed by atoms with Gasteiger partial charge in [-0.25, -0.2) is 4.79 Å². The van der Waals surface area contributed by atoms with E-state index in [0.717, 1.165) is 25.7 Å². The highest BCUT2D eigenvalue weighted by atomic mass is 16.4. The molecule has 1 unspecified atom stereocenters. The molecule has 0 aromatic heterocycles. The van der Waals surface area contributed by atoms with Crippen LogP contribution in [0.15, 0.2) is 0 Å². The molecule has 1 saturated carbocycles. The van der Waals surface area contributed by atoms with E-state index in [0.29, 0.717) is 12.8 Å². The van der Waals surface area contributed by atoms with Gasteiger partial charge in [-0.05, 0) is 19.8 Å².